The van der Waals surface area contributed by atoms with Crippen LogP contribution in [0.3, 0.4) is 0 Å². The third-order valence-corrected chi connectivity index (χ3v) is 5.46. The number of rotatable bonds is 7. The summed E-state index contributed by atoms with van der Waals surface area (Å²) < 4.78 is 0. The molecular formula is C17H34N2O. The van der Waals surface area contributed by atoms with Gasteiger partial charge >= 0.3 is 0 Å². The molecule has 1 saturated carbocycles. The Kier molecular flexibility index (Phi) is 6.79. The average molecular weight is 282 g/mol. The predicted octanol–water partition coefficient (Wildman–Crippen LogP) is 2.78. The fraction of sp³-hybridized carbons (Fsp3) is 1.00. The lowest BCUT2D eigenvalue weighted by molar-refractivity contribution is 0.111. The van der Waals surface area contributed by atoms with E-state index in [1.54, 1.807) is 0 Å². The molecule has 0 radical (unpaired) electrons. The topological polar surface area (TPSA) is 35.5 Å². The molecule has 3 nitrogen and oxygen atoms in total. The zero-order valence-corrected chi connectivity index (χ0v) is 13.4. The lowest BCUT2D eigenvalue weighted by Gasteiger charge is -2.36. The molecular weight excluding hydrogens is 248 g/mol. The Morgan fingerprint density at radius 1 is 1.15 bits per heavy atom. The molecule has 0 aromatic rings. The van der Waals surface area contributed by atoms with Gasteiger partial charge in [-0.05, 0) is 70.6 Å². The van der Waals surface area contributed by atoms with Crippen LogP contribution in [0.4, 0.5) is 0 Å². The van der Waals surface area contributed by atoms with E-state index >= 15 is 0 Å². The molecule has 0 aromatic carbocycles. The molecule has 0 bridgehead atoms. The quantitative estimate of drug-likeness (QED) is 0.754. The van der Waals surface area contributed by atoms with Gasteiger partial charge < -0.3 is 15.3 Å². The number of likely N-dealkylation sites (tertiary alicyclic amines) is 1. The lowest BCUT2D eigenvalue weighted by Crippen LogP contribution is -2.52. The van der Waals surface area contributed by atoms with Crippen LogP contribution in [0.2, 0.25) is 0 Å². The van der Waals surface area contributed by atoms with Gasteiger partial charge in [-0.25, -0.2) is 0 Å². The maximum atomic E-state index is 9.92. The van der Waals surface area contributed by atoms with Crippen molar-refractivity contribution in [3.05, 3.63) is 0 Å². The molecule has 1 aliphatic heterocycles. The second-order valence-corrected chi connectivity index (χ2v) is 6.87. The predicted molar refractivity (Wildman–Crippen MR) is 85.0 cm³/mol. The molecule has 2 atom stereocenters. The molecule has 1 aliphatic carbocycles. The highest BCUT2D eigenvalue weighted by molar-refractivity contribution is 4.99. The third-order valence-electron chi connectivity index (χ3n) is 5.46. The molecule has 2 fully saturated rings. The van der Waals surface area contributed by atoms with Crippen LogP contribution >= 0.6 is 0 Å². The molecule has 1 saturated heterocycles. The molecule has 2 aliphatic rings. The Bertz CT molecular complexity index is 264. The Morgan fingerprint density at radius 2 is 1.90 bits per heavy atom. The molecule has 0 spiro atoms. The van der Waals surface area contributed by atoms with Crippen LogP contribution in [0.15, 0.2) is 0 Å². The summed E-state index contributed by atoms with van der Waals surface area (Å²) in [6, 6.07) is 0. The summed E-state index contributed by atoms with van der Waals surface area (Å²) in [5, 5.41) is 13.6. The first-order valence-corrected chi connectivity index (χ1v) is 8.89. The van der Waals surface area contributed by atoms with Gasteiger partial charge in [0.15, 0.2) is 0 Å². The monoisotopic (exact) mass is 282 g/mol. The van der Waals surface area contributed by atoms with E-state index in [1.165, 1.54) is 64.6 Å². The highest BCUT2D eigenvalue weighted by Gasteiger charge is 2.41. The lowest BCUT2D eigenvalue weighted by atomic mass is 9.85. The zero-order valence-electron chi connectivity index (χ0n) is 13.4. The summed E-state index contributed by atoms with van der Waals surface area (Å²) in [6.07, 6.45) is 11.7. The van der Waals surface area contributed by atoms with Gasteiger partial charge in [-0.3, -0.25) is 0 Å². The largest absolute Gasteiger partial charge is 0.394 e. The van der Waals surface area contributed by atoms with Crippen LogP contribution in [-0.4, -0.2) is 48.3 Å². The second kappa shape index (κ2) is 8.35. The highest BCUT2D eigenvalue weighted by Crippen LogP contribution is 2.38. The summed E-state index contributed by atoms with van der Waals surface area (Å²) in [6.45, 7) is 7.39. The Morgan fingerprint density at radius 3 is 2.55 bits per heavy atom. The molecule has 1 heterocycles. The van der Waals surface area contributed by atoms with Gasteiger partial charge in [0.25, 0.3) is 0 Å². The van der Waals surface area contributed by atoms with Crippen molar-refractivity contribution in [1.29, 1.82) is 0 Å². The van der Waals surface area contributed by atoms with E-state index in [0.717, 1.165) is 19.4 Å². The second-order valence-electron chi connectivity index (χ2n) is 6.87. The van der Waals surface area contributed by atoms with Crippen molar-refractivity contribution in [3.8, 4) is 0 Å². The summed E-state index contributed by atoms with van der Waals surface area (Å²) in [4.78, 5) is 2.66. The highest BCUT2D eigenvalue weighted by atomic mass is 16.3. The van der Waals surface area contributed by atoms with Gasteiger partial charge in [-0.2, -0.15) is 0 Å². The van der Waals surface area contributed by atoms with E-state index in [1.807, 2.05) is 0 Å². The number of nitrogens with zero attached hydrogens (tertiary/aromatic N) is 1. The van der Waals surface area contributed by atoms with Crippen molar-refractivity contribution in [1.82, 2.24) is 10.2 Å². The van der Waals surface area contributed by atoms with E-state index < -0.39 is 0 Å². The standard InChI is InChI=1S/C17H34N2O/c1-2-11-18-17(15-20)10-7-8-16(17)9-14-19-12-5-3-4-6-13-19/h16,18,20H,2-15H2,1H3. The molecule has 20 heavy (non-hydrogen) atoms. The Hall–Kier alpha value is -0.120. The molecule has 118 valence electrons. The fourth-order valence-electron chi connectivity index (χ4n) is 4.13. The molecule has 2 unspecified atom stereocenters. The van der Waals surface area contributed by atoms with Gasteiger partial charge in [0.1, 0.15) is 0 Å². The minimum Gasteiger partial charge on any atom is -0.394 e. The molecule has 0 aromatic heterocycles. The SMILES string of the molecule is CCCNC1(CO)CCCC1CCN1CCCCCC1. The van der Waals surface area contributed by atoms with Crippen molar-refractivity contribution in [2.75, 3.05) is 32.8 Å². The zero-order chi connectivity index (χ0) is 14.3. The van der Waals surface area contributed by atoms with Crippen molar-refractivity contribution >= 4 is 0 Å². The van der Waals surface area contributed by atoms with E-state index in [4.69, 9.17) is 0 Å². The molecule has 3 heteroatoms. The van der Waals surface area contributed by atoms with Crippen LogP contribution in [0, 0.1) is 5.92 Å². The maximum Gasteiger partial charge on any atom is 0.0616 e. The van der Waals surface area contributed by atoms with Gasteiger partial charge in [0, 0.05) is 5.54 Å². The van der Waals surface area contributed by atoms with Crippen molar-refractivity contribution in [3.63, 3.8) is 0 Å². The van der Waals surface area contributed by atoms with Crippen molar-refractivity contribution in [2.45, 2.75) is 70.3 Å². The maximum absolute atomic E-state index is 9.92. The fourth-order valence-corrected chi connectivity index (χ4v) is 4.13. The van der Waals surface area contributed by atoms with Gasteiger partial charge in [0.05, 0.1) is 6.61 Å². The van der Waals surface area contributed by atoms with E-state index in [9.17, 15) is 5.11 Å². The smallest absolute Gasteiger partial charge is 0.0616 e. The van der Waals surface area contributed by atoms with Gasteiger partial charge in [-0.1, -0.05) is 26.2 Å². The van der Waals surface area contributed by atoms with Gasteiger partial charge in [0.2, 0.25) is 0 Å². The summed E-state index contributed by atoms with van der Waals surface area (Å²) in [5.41, 5.74) is 0.0296. The molecule has 2 rings (SSSR count). The number of aliphatic hydroxyl groups is 1. The first-order chi connectivity index (χ1) is 9.80. The van der Waals surface area contributed by atoms with Crippen LogP contribution < -0.4 is 5.32 Å². The number of nitrogens with one attached hydrogen (secondary N) is 1. The summed E-state index contributed by atoms with van der Waals surface area (Å²) in [5.74, 6) is 0.669. The number of aliphatic hydroxyl groups excluding tert-OH is 1. The van der Waals surface area contributed by atoms with Crippen LogP contribution in [0.1, 0.15) is 64.7 Å². The average Bonchev–Trinajstić information content (AvgIpc) is 2.69. The van der Waals surface area contributed by atoms with Crippen LogP contribution in [-0.2, 0) is 0 Å². The number of hydrogen-bond donors (Lipinski definition) is 2. The van der Waals surface area contributed by atoms with Gasteiger partial charge in [-0.15, -0.1) is 0 Å². The first-order valence-electron chi connectivity index (χ1n) is 8.89. The third kappa shape index (κ3) is 4.19. The normalized spacial score (nSPS) is 32.4. The Labute approximate surface area is 125 Å². The first kappa shape index (κ1) is 16.3. The minimum absolute atomic E-state index is 0.0296. The summed E-state index contributed by atoms with van der Waals surface area (Å²) in [7, 11) is 0. The van der Waals surface area contributed by atoms with Crippen molar-refractivity contribution < 1.29 is 5.11 Å². The molecule has 0 amide bonds. The van der Waals surface area contributed by atoms with Crippen LogP contribution in [0.5, 0.6) is 0 Å². The summed E-state index contributed by atoms with van der Waals surface area (Å²) >= 11 is 0. The Balaban J connectivity index is 1.83. The van der Waals surface area contributed by atoms with Crippen molar-refractivity contribution in [2.24, 2.45) is 5.92 Å². The van der Waals surface area contributed by atoms with E-state index in [-0.39, 0.29) is 5.54 Å². The number of hydrogen-bond acceptors (Lipinski definition) is 3. The van der Waals surface area contributed by atoms with Crippen LogP contribution in [0.25, 0.3) is 0 Å². The minimum atomic E-state index is 0.0296. The van der Waals surface area contributed by atoms with E-state index in [2.05, 4.69) is 17.1 Å². The van der Waals surface area contributed by atoms with E-state index in [0.29, 0.717) is 12.5 Å². The molecule has 2 N–H and O–H groups in total.